The molecule has 1 aliphatic heterocycles. The van der Waals surface area contributed by atoms with Crippen LogP contribution in [0.3, 0.4) is 0 Å². The Morgan fingerprint density at radius 3 is 2.38 bits per heavy atom. The summed E-state index contributed by atoms with van der Waals surface area (Å²) in [6.07, 6.45) is 9.30. The molecular weight excluding hydrogens is 432 g/mol. The van der Waals surface area contributed by atoms with Crippen LogP contribution in [0.2, 0.25) is 0 Å². The fourth-order valence-electron chi connectivity index (χ4n) is 3.82. The number of unbranched alkanes of at least 4 members (excludes halogenated alkanes) is 5. The molecule has 0 aliphatic carbocycles. The van der Waals surface area contributed by atoms with Crippen LogP contribution in [0.15, 0.2) is 34.9 Å². The molecule has 0 aromatic heterocycles. The first-order chi connectivity index (χ1) is 16.5. The molecular formula is C27H36N2O5. The summed E-state index contributed by atoms with van der Waals surface area (Å²) < 4.78 is 16.4. The van der Waals surface area contributed by atoms with Crippen LogP contribution in [0, 0.1) is 11.3 Å². The summed E-state index contributed by atoms with van der Waals surface area (Å²) in [4.78, 5) is 26.8. The molecule has 1 heterocycles. The van der Waals surface area contributed by atoms with Gasteiger partial charge in [-0.2, -0.15) is 5.26 Å². The van der Waals surface area contributed by atoms with Crippen molar-refractivity contribution < 1.29 is 23.8 Å². The molecule has 34 heavy (non-hydrogen) atoms. The molecule has 0 radical (unpaired) electrons. The van der Waals surface area contributed by atoms with Gasteiger partial charge >= 0.3 is 0 Å². The number of hydrogen-bond donors (Lipinski definition) is 0. The van der Waals surface area contributed by atoms with E-state index in [1.807, 2.05) is 18.2 Å². The first-order valence-electron chi connectivity index (χ1n) is 12.0. The maximum atomic E-state index is 13.1. The fraction of sp³-hybridized carbons (Fsp3) is 0.519. The second kappa shape index (κ2) is 14.2. The van der Waals surface area contributed by atoms with Crippen molar-refractivity contribution in [2.75, 3.05) is 34.0 Å². The third-order valence-electron chi connectivity index (χ3n) is 5.81. The molecule has 0 spiro atoms. The van der Waals surface area contributed by atoms with Gasteiger partial charge in [0.2, 0.25) is 0 Å². The molecule has 2 rings (SSSR count). The summed E-state index contributed by atoms with van der Waals surface area (Å²) in [7, 11) is 3.13. The molecule has 0 atom stereocenters. The van der Waals surface area contributed by atoms with E-state index in [9.17, 15) is 14.9 Å². The van der Waals surface area contributed by atoms with E-state index in [4.69, 9.17) is 14.2 Å². The number of rotatable bonds is 14. The molecule has 0 unspecified atom stereocenters. The maximum absolute atomic E-state index is 13.1. The molecule has 7 heteroatoms. The number of imide groups is 1. The predicted molar refractivity (Wildman–Crippen MR) is 131 cm³/mol. The van der Waals surface area contributed by atoms with Gasteiger partial charge in [-0.15, -0.1) is 0 Å². The van der Waals surface area contributed by atoms with Crippen LogP contribution in [0.1, 0.15) is 64.4 Å². The second-order valence-electron chi connectivity index (χ2n) is 8.30. The number of amides is 2. The highest BCUT2D eigenvalue weighted by molar-refractivity contribution is 6.19. The van der Waals surface area contributed by atoms with Crippen molar-refractivity contribution in [3.63, 3.8) is 0 Å². The van der Waals surface area contributed by atoms with Crippen LogP contribution >= 0.6 is 0 Å². The van der Waals surface area contributed by atoms with Crippen molar-refractivity contribution in [1.29, 1.82) is 5.26 Å². The first-order valence-corrected chi connectivity index (χ1v) is 12.0. The summed E-state index contributed by atoms with van der Waals surface area (Å²) in [5.74, 6) is 0.238. The lowest BCUT2D eigenvalue weighted by atomic mass is 9.93. The lowest BCUT2D eigenvalue weighted by molar-refractivity contribution is -0.140. The lowest BCUT2D eigenvalue weighted by Crippen LogP contribution is -2.43. The van der Waals surface area contributed by atoms with Gasteiger partial charge in [0.05, 0.1) is 13.7 Å². The number of hydrogen-bond acceptors (Lipinski definition) is 6. The van der Waals surface area contributed by atoms with Crippen molar-refractivity contribution in [3.05, 3.63) is 40.5 Å². The molecule has 7 nitrogen and oxygen atoms in total. The largest absolute Gasteiger partial charge is 0.493 e. The third kappa shape index (κ3) is 7.19. The molecule has 1 aromatic rings. The molecule has 0 N–H and O–H groups in total. The monoisotopic (exact) mass is 468 g/mol. The minimum atomic E-state index is -0.561. The van der Waals surface area contributed by atoms with Gasteiger partial charge in [0.25, 0.3) is 11.8 Å². The Morgan fingerprint density at radius 1 is 0.971 bits per heavy atom. The minimum absolute atomic E-state index is 0.0193. The number of ether oxygens (including phenoxy) is 3. The van der Waals surface area contributed by atoms with Crippen molar-refractivity contribution in [2.24, 2.45) is 0 Å². The molecule has 0 fully saturated rings. The van der Waals surface area contributed by atoms with Crippen molar-refractivity contribution in [1.82, 2.24) is 4.90 Å². The second-order valence-corrected chi connectivity index (χ2v) is 8.30. The Balaban J connectivity index is 2.18. The lowest BCUT2D eigenvalue weighted by Gasteiger charge is -2.27. The topological polar surface area (TPSA) is 88.9 Å². The van der Waals surface area contributed by atoms with Crippen molar-refractivity contribution >= 4 is 17.9 Å². The standard InChI is InChI=1S/C27H36N2O5/c1-5-6-7-8-9-10-16-34-24-13-12-21(18-25(24)33-4)17-22-20(2)23(19-28)27(31)29(26(22)30)14-11-15-32-3/h12-13,17-18H,5-11,14-16H2,1-4H3/b22-17+. The highest BCUT2D eigenvalue weighted by Crippen LogP contribution is 2.32. The SMILES string of the molecule is CCCCCCCCOc1ccc(/C=C2/C(=O)N(CCCOC)C(=O)C(C#N)=C2C)cc1OC. The summed E-state index contributed by atoms with van der Waals surface area (Å²) in [5, 5.41) is 9.52. The van der Waals surface area contributed by atoms with E-state index in [2.05, 4.69) is 6.92 Å². The van der Waals surface area contributed by atoms with Crippen LogP contribution < -0.4 is 9.47 Å². The number of carbonyl (C=O) groups is 2. The summed E-state index contributed by atoms with van der Waals surface area (Å²) in [6.45, 7) is 5.06. The average Bonchev–Trinajstić information content (AvgIpc) is 2.84. The highest BCUT2D eigenvalue weighted by Gasteiger charge is 2.35. The molecule has 1 aromatic carbocycles. The van der Waals surface area contributed by atoms with E-state index in [0.29, 0.717) is 42.3 Å². The Kier molecular flexibility index (Phi) is 11.3. The van der Waals surface area contributed by atoms with Gasteiger partial charge in [-0.25, -0.2) is 0 Å². The quantitative estimate of drug-likeness (QED) is 0.215. The van der Waals surface area contributed by atoms with Crippen LogP contribution in [-0.2, 0) is 14.3 Å². The number of carbonyl (C=O) groups excluding carboxylic acids is 2. The fourth-order valence-corrected chi connectivity index (χ4v) is 3.82. The van der Waals surface area contributed by atoms with E-state index < -0.39 is 11.8 Å². The third-order valence-corrected chi connectivity index (χ3v) is 5.81. The smallest absolute Gasteiger partial charge is 0.271 e. The van der Waals surface area contributed by atoms with Gasteiger partial charge in [0.15, 0.2) is 11.5 Å². The average molecular weight is 469 g/mol. The van der Waals surface area contributed by atoms with Gasteiger partial charge in [-0.1, -0.05) is 45.1 Å². The van der Waals surface area contributed by atoms with Crippen LogP contribution in [-0.4, -0.2) is 50.7 Å². The van der Waals surface area contributed by atoms with Gasteiger partial charge < -0.3 is 14.2 Å². The summed E-state index contributed by atoms with van der Waals surface area (Å²) >= 11 is 0. The summed E-state index contributed by atoms with van der Waals surface area (Å²) in [5.41, 5.74) is 1.39. The number of nitrogens with zero attached hydrogens (tertiary/aromatic N) is 2. The molecule has 1 aliphatic rings. The zero-order valence-corrected chi connectivity index (χ0v) is 20.8. The molecule has 2 amide bonds. The van der Waals surface area contributed by atoms with Gasteiger partial charge in [-0.3, -0.25) is 14.5 Å². The Bertz CT molecular complexity index is 958. The maximum Gasteiger partial charge on any atom is 0.271 e. The number of nitriles is 1. The molecule has 0 saturated carbocycles. The van der Waals surface area contributed by atoms with E-state index in [1.165, 1.54) is 25.7 Å². The summed E-state index contributed by atoms with van der Waals surface area (Å²) in [6, 6.07) is 7.41. The van der Waals surface area contributed by atoms with E-state index in [-0.39, 0.29) is 12.1 Å². The van der Waals surface area contributed by atoms with Gasteiger partial charge in [0.1, 0.15) is 11.6 Å². The molecule has 0 bridgehead atoms. The van der Waals surface area contributed by atoms with E-state index in [1.54, 1.807) is 33.3 Å². The van der Waals surface area contributed by atoms with Crippen LogP contribution in [0.4, 0.5) is 0 Å². The molecule has 184 valence electrons. The predicted octanol–water partition coefficient (Wildman–Crippen LogP) is 5.06. The Labute approximate surface area is 203 Å². The van der Waals surface area contributed by atoms with Crippen molar-refractivity contribution in [2.45, 2.75) is 58.8 Å². The van der Waals surface area contributed by atoms with Crippen LogP contribution in [0.5, 0.6) is 11.5 Å². The van der Waals surface area contributed by atoms with Crippen LogP contribution in [0.25, 0.3) is 6.08 Å². The zero-order chi connectivity index (χ0) is 24.9. The zero-order valence-electron chi connectivity index (χ0n) is 20.8. The molecule has 0 saturated heterocycles. The Hall–Kier alpha value is -3.11. The Morgan fingerprint density at radius 2 is 1.71 bits per heavy atom. The number of benzene rings is 1. The highest BCUT2D eigenvalue weighted by atomic mass is 16.5. The van der Waals surface area contributed by atoms with Gasteiger partial charge in [-0.05, 0) is 49.1 Å². The van der Waals surface area contributed by atoms with E-state index >= 15 is 0 Å². The minimum Gasteiger partial charge on any atom is -0.493 e. The van der Waals surface area contributed by atoms with Gasteiger partial charge in [0, 0.05) is 25.8 Å². The van der Waals surface area contributed by atoms with E-state index in [0.717, 1.165) is 23.3 Å². The normalized spacial score (nSPS) is 15.1. The van der Waals surface area contributed by atoms with Crippen molar-refractivity contribution in [3.8, 4) is 17.6 Å². The first kappa shape index (κ1) is 27.1. The number of methoxy groups -OCH3 is 2.